The molecule has 0 aliphatic rings. The standard InChI is InChI=1S/C32H20N6O2Se/c1-3-11-19(12-4-1)33-29-27-25(21-15-7-9-17-23(21)39-27)35-31(37-29)41-32-36-26-22-16-8-10-18-24(22)40-28(26)30(38-32)34-20-13-5-2-6-14-20/h1-18H,(H,33,35,37)(H,34,36,38). The molecule has 0 amide bonds. The van der Waals surface area contributed by atoms with E-state index < -0.39 is 15.0 Å². The van der Waals surface area contributed by atoms with Crippen LogP contribution in [0.1, 0.15) is 0 Å². The Morgan fingerprint density at radius 3 is 1.34 bits per heavy atom. The van der Waals surface area contributed by atoms with Crippen LogP contribution in [0.2, 0.25) is 0 Å². The van der Waals surface area contributed by atoms with Crippen LogP contribution in [0.4, 0.5) is 23.0 Å². The van der Waals surface area contributed by atoms with Gasteiger partial charge in [0.1, 0.15) is 0 Å². The van der Waals surface area contributed by atoms with Gasteiger partial charge in [-0.3, -0.25) is 0 Å². The topological polar surface area (TPSA) is 102 Å². The number of fused-ring (bicyclic) bond motifs is 6. The van der Waals surface area contributed by atoms with Gasteiger partial charge in [-0.1, -0.05) is 0 Å². The van der Waals surface area contributed by atoms with Crippen LogP contribution in [-0.4, -0.2) is 34.9 Å². The molecule has 0 fully saturated rings. The molecule has 8 aromatic rings. The van der Waals surface area contributed by atoms with E-state index in [1.165, 1.54) is 0 Å². The Labute approximate surface area is 239 Å². The maximum absolute atomic E-state index is 6.21. The van der Waals surface area contributed by atoms with Crippen molar-refractivity contribution >= 4 is 91.6 Å². The van der Waals surface area contributed by atoms with Crippen LogP contribution in [0.3, 0.4) is 0 Å². The second-order valence-corrected chi connectivity index (χ2v) is 11.3. The average Bonchev–Trinajstić information content (AvgIpc) is 3.58. The summed E-state index contributed by atoms with van der Waals surface area (Å²) in [5, 5.41) is 8.71. The van der Waals surface area contributed by atoms with E-state index in [0.29, 0.717) is 32.2 Å². The second-order valence-electron chi connectivity index (χ2n) is 9.35. The predicted molar refractivity (Wildman–Crippen MR) is 163 cm³/mol. The molecule has 8 nitrogen and oxygen atoms in total. The number of aromatic nitrogens is 4. The van der Waals surface area contributed by atoms with Crippen molar-refractivity contribution in [2.45, 2.75) is 0 Å². The van der Waals surface area contributed by atoms with Gasteiger partial charge in [-0.2, -0.15) is 0 Å². The van der Waals surface area contributed by atoms with Crippen LogP contribution < -0.4 is 20.1 Å². The van der Waals surface area contributed by atoms with E-state index in [1.54, 1.807) is 0 Å². The van der Waals surface area contributed by atoms with Crippen molar-refractivity contribution in [1.29, 1.82) is 0 Å². The van der Waals surface area contributed by atoms with Gasteiger partial charge in [-0.25, -0.2) is 0 Å². The van der Waals surface area contributed by atoms with Crippen molar-refractivity contribution in [1.82, 2.24) is 19.9 Å². The van der Waals surface area contributed by atoms with E-state index >= 15 is 0 Å². The van der Waals surface area contributed by atoms with Gasteiger partial charge in [-0.05, 0) is 0 Å². The van der Waals surface area contributed by atoms with Crippen LogP contribution >= 0.6 is 0 Å². The molecule has 0 atom stereocenters. The summed E-state index contributed by atoms with van der Waals surface area (Å²) in [7, 11) is 0. The Bertz CT molecular complexity index is 2040. The summed E-state index contributed by atoms with van der Waals surface area (Å²) in [6, 6.07) is 35.6. The number of rotatable bonds is 6. The van der Waals surface area contributed by atoms with Crippen molar-refractivity contribution in [3.8, 4) is 0 Å². The summed E-state index contributed by atoms with van der Waals surface area (Å²) in [4.78, 5) is 19.8. The number of benzene rings is 4. The van der Waals surface area contributed by atoms with Gasteiger partial charge in [0.15, 0.2) is 0 Å². The third-order valence-electron chi connectivity index (χ3n) is 6.65. The molecule has 4 aromatic heterocycles. The van der Waals surface area contributed by atoms with E-state index in [9.17, 15) is 0 Å². The maximum atomic E-state index is 6.21. The van der Waals surface area contributed by atoms with Crippen molar-refractivity contribution in [2.24, 2.45) is 0 Å². The summed E-state index contributed by atoms with van der Waals surface area (Å²) in [6.07, 6.45) is 0. The van der Waals surface area contributed by atoms with Gasteiger partial charge in [0.2, 0.25) is 0 Å². The van der Waals surface area contributed by atoms with Gasteiger partial charge in [0, 0.05) is 0 Å². The summed E-state index contributed by atoms with van der Waals surface area (Å²) >= 11 is -0.431. The Morgan fingerprint density at radius 2 is 0.878 bits per heavy atom. The zero-order chi connectivity index (χ0) is 27.2. The van der Waals surface area contributed by atoms with Crippen LogP contribution in [-0.2, 0) is 0 Å². The first-order chi connectivity index (χ1) is 20.3. The Hall–Kier alpha value is -5.24. The van der Waals surface area contributed by atoms with Gasteiger partial charge >= 0.3 is 240 Å². The molecule has 8 rings (SSSR count). The van der Waals surface area contributed by atoms with Crippen molar-refractivity contribution < 1.29 is 8.83 Å². The SMILES string of the molecule is c1ccc(Nc2nc([Se]c3nc(Nc4ccccc4)c4oc5ccccc5c4n3)nc3c2oc2ccccc23)cc1. The summed E-state index contributed by atoms with van der Waals surface area (Å²) < 4.78 is 13.7. The van der Waals surface area contributed by atoms with E-state index in [4.69, 9.17) is 28.8 Å². The zero-order valence-electron chi connectivity index (χ0n) is 21.4. The van der Waals surface area contributed by atoms with Crippen LogP contribution in [0.25, 0.3) is 44.1 Å². The quantitative estimate of drug-likeness (QED) is 0.218. The molecule has 0 saturated heterocycles. The van der Waals surface area contributed by atoms with Gasteiger partial charge < -0.3 is 0 Å². The molecule has 0 saturated carbocycles. The number of hydrogen-bond acceptors (Lipinski definition) is 8. The van der Waals surface area contributed by atoms with Crippen molar-refractivity contribution in [3.63, 3.8) is 0 Å². The van der Waals surface area contributed by atoms with E-state index in [1.807, 2.05) is 109 Å². The fourth-order valence-corrected chi connectivity index (χ4v) is 6.29. The van der Waals surface area contributed by atoms with Crippen LogP contribution in [0.5, 0.6) is 0 Å². The van der Waals surface area contributed by atoms with Crippen molar-refractivity contribution in [2.75, 3.05) is 10.6 Å². The third kappa shape index (κ3) is 4.34. The zero-order valence-corrected chi connectivity index (χ0v) is 23.1. The molecule has 196 valence electrons. The molecule has 0 unspecified atom stereocenters. The van der Waals surface area contributed by atoms with Crippen molar-refractivity contribution in [3.05, 3.63) is 109 Å². The normalized spacial score (nSPS) is 11.5. The molecular weight excluding hydrogens is 579 g/mol. The Balaban J connectivity index is 1.28. The molecule has 9 heteroatoms. The molecule has 0 aliphatic heterocycles. The van der Waals surface area contributed by atoms with E-state index in [-0.39, 0.29) is 0 Å². The number of nitrogens with one attached hydrogen (secondary N) is 2. The van der Waals surface area contributed by atoms with Gasteiger partial charge in [0.05, 0.1) is 0 Å². The predicted octanol–water partition coefficient (Wildman–Crippen LogP) is 6.21. The molecule has 4 heterocycles. The first-order valence-corrected chi connectivity index (χ1v) is 14.7. The first kappa shape index (κ1) is 23.6. The molecule has 41 heavy (non-hydrogen) atoms. The molecule has 0 aliphatic carbocycles. The molecule has 4 aromatic carbocycles. The van der Waals surface area contributed by atoms with Gasteiger partial charge in [-0.15, -0.1) is 0 Å². The third-order valence-corrected chi connectivity index (χ3v) is 8.19. The van der Waals surface area contributed by atoms with Crippen LogP contribution in [0, 0.1) is 0 Å². The van der Waals surface area contributed by atoms with Crippen LogP contribution in [0.15, 0.2) is 118 Å². The number of anilines is 4. The molecule has 0 radical (unpaired) electrons. The minimum atomic E-state index is -0.431. The number of para-hydroxylation sites is 4. The van der Waals surface area contributed by atoms with E-state index in [2.05, 4.69) is 10.6 Å². The fraction of sp³-hybridized carbons (Fsp3) is 0. The fourth-order valence-electron chi connectivity index (χ4n) is 4.80. The molecule has 0 bridgehead atoms. The monoisotopic (exact) mass is 600 g/mol. The van der Waals surface area contributed by atoms with Gasteiger partial charge in [0.25, 0.3) is 0 Å². The molecule has 0 spiro atoms. The Morgan fingerprint density at radius 1 is 0.463 bits per heavy atom. The van der Waals surface area contributed by atoms with E-state index in [0.717, 1.165) is 44.3 Å². The molecule has 2 N–H and O–H groups in total. The summed E-state index contributed by atoms with van der Waals surface area (Å²) in [5.74, 6) is 1.21. The first-order valence-electron chi connectivity index (χ1n) is 13.0. The average molecular weight is 600 g/mol. The molecular formula is C32H20N6O2Se. The number of nitrogens with zero attached hydrogens (tertiary/aromatic N) is 4. The summed E-state index contributed by atoms with van der Waals surface area (Å²) in [6.45, 7) is 0. The Kier molecular flexibility index (Phi) is 5.62. The minimum absolute atomic E-state index is 0.431. The second kappa shape index (κ2) is 9.74. The number of hydrogen-bond donors (Lipinski definition) is 2. The number of furan rings is 2. The summed E-state index contributed by atoms with van der Waals surface area (Å²) in [5.41, 5.74) is 6.05.